The van der Waals surface area contributed by atoms with E-state index in [9.17, 15) is 24.5 Å². The smallest absolute Gasteiger partial charge is 0.312 e. The lowest BCUT2D eigenvalue weighted by Gasteiger charge is -2.08. The summed E-state index contributed by atoms with van der Waals surface area (Å²) in [7, 11) is 0. The molecule has 1 aromatic heterocycles. The van der Waals surface area contributed by atoms with Gasteiger partial charge in [-0.3, -0.25) is 29.2 Å². The molecule has 3 rings (SSSR count). The highest BCUT2D eigenvalue weighted by Crippen LogP contribution is 2.22. The lowest BCUT2D eigenvalue weighted by Crippen LogP contribution is -2.33. The van der Waals surface area contributed by atoms with Crippen LogP contribution in [0.3, 0.4) is 0 Å². The number of anilines is 1. The molecule has 11 nitrogen and oxygen atoms in total. The van der Waals surface area contributed by atoms with Crippen LogP contribution in [0.15, 0.2) is 48.5 Å². The fraction of sp³-hybridized carbons (Fsp3) is 0.182. The number of nitrogens with two attached hydrogens (primary N) is 1. The largest absolute Gasteiger partial charge is 0.368 e. The number of aromatic nitrogens is 2. The molecule has 0 saturated heterocycles. The molecule has 4 N–H and O–H groups in total. The Morgan fingerprint density at radius 3 is 2.12 bits per heavy atom. The van der Waals surface area contributed by atoms with Crippen LogP contribution < -0.4 is 16.4 Å². The Balaban J connectivity index is 1.63. The van der Waals surface area contributed by atoms with Crippen LogP contribution in [-0.2, 0) is 11.3 Å². The molecule has 33 heavy (non-hydrogen) atoms. The highest BCUT2D eigenvalue weighted by molar-refractivity contribution is 6.04. The van der Waals surface area contributed by atoms with Gasteiger partial charge in [-0.2, -0.15) is 5.10 Å². The second-order valence-electron chi connectivity index (χ2n) is 7.31. The maximum atomic E-state index is 12.5. The Labute approximate surface area is 188 Å². The van der Waals surface area contributed by atoms with Crippen LogP contribution in [0, 0.1) is 24.0 Å². The summed E-state index contributed by atoms with van der Waals surface area (Å²) in [5, 5.41) is 20.5. The number of carbonyl (C=O) groups is 3. The summed E-state index contributed by atoms with van der Waals surface area (Å²) in [5.41, 5.74) is 7.88. The summed E-state index contributed by atoms with van der Waals surface area (Å²) in [6.07, 6.45) is 0. The number of nitrogens with zero attached hydrogens (tertiary/aromatic N) is 3. The van der Waals surface area contributed by atoms with Crippen molar-refractivity contribution in [2.75, 3.05) is 11.9 Å². The van der Waals surface area contributed by atoms with Crippen LogP contribution in [0.2, 0.25) is 0 Å². The van der Waals surface area contributed by atoms with E-state index in [1.165, 1.54) is 12.1 Å². The molecule has 0 unspecified atom stereocenters. The Bertz CT molecular complexity index is 1220. The zero-order valence-corrected chi connectivity index (χ0v) is 18.0. The van der Waals surface area contributed by atoms with Crippen LogP contribution in [0.1, 0.15) is 37.7 Å². The zero-order valence-electron chi connectivity index (χ0n) is 18.0. The Morgan fingerprint density at radius 2 is 1.58 bits per heavy atom. The number of nitrogens with one attached hydrogen (secondary N) is 2. The minimum atomic E-state index is -0.644. The van der Waals surface area contributed by atoms with Gasteiger partial charge in [0.15, 0.2) is 0 Å². The van der Waals surface area contributed by atoms with Gasteiger partial charge in [0.2, 0.25) is 5.91 Å². The number of carbonyl (C=O) groups excluding carboxylic acids is 3. The molecule has 170 valence electrons. The molecule has 0 aliphatic carbocycles. The summed E-state index contributed by atoms with van der Waals surface area (Å²) in [5.74, 6) is -1.43. The molecular formula is C22H22N6O5. The van der Waals surface area contributed by atoms with Crippen molar-refractivity contribution < 1.29 is 19.3 Å². The summed E-state index contributed by atoms with van der Waals surface area (Å²) < 4.78 is 1.56. The van der Waals surface area contributed by atoms with Crippen molar-refractivity contribution in [1.29, 1.82) is 0 Å². The highest BCUT2D eigenvalue weighted by atomic mass is 16.6. The third-order valence-corrected chi connectivity index (χ3v) is 4.90. The van der Waals surface area contributed by atoms with E-state index in [2.05, 4.69) is 15.7 Å². The van der Waals surface area contributed by atoms with E-state index in [-0.39, 0.29) is 18.1 Å². The lowest BCUT2D eigenvalue weighted by molar-refractivity contribution is -0.386. The van der Waals surface area contributed by atoms with E-state index in [1.807, 2.05) is 0 Å². The third kappa shape index (κ3) is 5.58. The van der Waals surface area contributed by atoms with Crippen LogP contribution in [0.4, 0.5) is 11.4 Å². The maximum Gasteiger partial charge on any atom is 0.312 e. The van der Waals surface area contributed by atoms with Crippen molar-refractivity contribution in [3.63, 3.8) is 0 Å². The van der Waals surface area contributed by atoms with Crippen molar-refractivity contribution in [1.82, 2.24) is 15.1 Å². The third-order valence-electron chi connectivity index (χ3n) is 4.90. The van der Waals surface area contributed by atoms with Gasteiger partial charge >= 0.3 is 5.69 Å². The average Bonchev–Trinajstić information content (AvgIpc) is 3.05. The molecule has 0 fully saturated rings. The first-order valence-corrected chi connectivity index (χ1v) is 9.91. The van der Waals surface area contributed by atoms with Crippen LogP contribution in [0.25, 0.3) is 0 Å². The summed E-state index contributed by atoms with van der Waals surface area (Å²) in [4.78, 5) is 45.9. The van der Waals surface area contributed by atoms with Gasteiger partial charge in [0.1, 0.15) is 11.4 Å². The van der Waals surface area contributed by atoms with Crippen molar-refractivity contribution in [3.8, 4) is 0 Å². The molecular weight excluding hydrogens is 428 g/mol. The molecule has 1 heterocycles. The number of primary amides is 1. The molecule has 0 spiro atoms. The van der Waals surface area contributed by atoms with E-state index >= 15 is 0 Å². The van der Waals surface area contributed by atoms with E-state index < -0.39 is 16.7 Å². The number of hydrogen-bond acceptors (Lipinski definition) is 6. The highest BCUT2D eigenvalue weighted by Gasteiger charge is 2.21. The maximum absolute atomic E-state index is 12.5. The predicted octanol–water partition coefficient (Wildman–Crippen LogP) is 1.92. The van der Waals surface area contributed by atoms with Gasteiger partial charge in [-0.25, -0.2) is 0 Å². The molecule has 0 atom stereocenters. The second kappa shape index (κ2) is 9.73. The fourth-order valence-electron chi connectivity index (χ4n) is 3.22. The summed E-state index contributed by atoms with van der Waals surface area (Å²) in [6, 6.07) is 13.0. The van der Waals surface area contributed by atoms with Crippen molar-refractivity contribution >= 4 is 29.1 Å². The molecule has 2 aromatic carbocycles. The minimum Gasteiger partial charge on any atom is -0.368 e. The molecule has 0 bridgehead atoms. The molecule has 0 aliphatic heterocycles. The van der Waals surface area contributed by atoms with Gasteiger partial charge in [0.25, 0.3) is 11.8 Å². The van der Waals surface area contributed by atoms with E-state index in [0.717, 1.165) is 5.56 Å². The fourth-order valence-corrected chi connectivity index (χ4v) is 3.22. The summed E-state index contributed by atoms with van der Waals surface area (Å²) in [6.45, 7) is 3.31. The Hall–Kier alpha value is -4.54. The normalized spacial score (nSPS) is 10.5. The van der Waals surface area contributed by atoms with Gasteiger partial charge in [0, 0.05) is 16.8 Å². The van der Waals surface area contributed by atoms with Gasteiger partial charge in [-0.15, -0.1) is 0 Å². The average molecular weight is 450 g/mol. The lowest BCUT2D eigenvalue weighted by atomic mass is 10.1. The van der Waals surface area contributed by atoms with E-state index in [4.69, 9.17) is 5.73 Å². The predicted molar refractivity (Wildman–Crippen MR) is 120 cm³/mol. The van der Waals surface area contributed by atoms with Crippen molar-refractivity contribution in [2.45, 2.75) is 20.4 Å². The first kappa shape index (κ1) is 23.1. The SMILES string of the molecule is Cc1nn(Cc2ccc(C(=O)Nc3ccc(C(=O)NCC(N)=O)cc3)cc2)c(C)c1[N+](=O)[O-]. The van der Waals surface area contributed by atoms with Crippen LogP contribution in [-0.4, -0.2) is 39.0 Å². The van der Waals surface area contributed by atoms with Gasteiger partial charge < -0.3 is 16.4 Å². The minimum absolute atomic E-state index is 0.00219. The van der Waals surface area contributed by atoms with Crippen LogP contribution >= 0.6 is 0 Å². The molecule has 0 radical (unpaired) electrons. The number of hydrogen-bond donors (Lipinski definition) is 3. The zero-order chi connectivity index (χ0) is 24.1. The summed E-state index contributed by atoms with van der Waals surface area (Å²) >= 11 is 0. The monoisotopic (exact) mass is 450 g/mol. The van der Waals surface area contributed by atoms with Gasteiger partial charge in [0.05, 0.1) is 18.0 Å². The van der Waals surface area contributed by atoms with Crippen LogP contribution in [0.5, 0.6) is 0 Å². The number of aryl methyl sites for hydroxylation is 1. The number of amides is 3. The van der Waals surface area contributed by atoms with E-state index in [1.54, 1.807) is 54.9 Å². The first-order valence-electron chi connectivity index (χ1n) is 9.91. The molecule has 3 aromatic rings. The topological polar surface area (TPSA) is 162 Å². The molecule has 0 saturated carbocycles. The van der Waals surface area contributed by atoms with Gasteiger partial charge in [-0.05, 0) is 55.8 Å². The Morgan fingerprint density at radius 1 is 1.00 bits per heavy atom. The standard InChI is InChI=1S/C22H22N6O5/c1-13-20(28(32)33)14(2)27(26-13)12-15-3-5-17(6-4-15)22(31)25-18-9-7-16(8-10-18)21(30)24-11-19(23)29/h3-10H,11-12H2,1-2H3,(H2,23,29)(H,24,30)(H,25,31). The molecule has 0 aliphatic rings. The quantitative estimate of drug-likeness (QED) is 0.351. The molecule has 3 amide bonds. The van der Waals surface area contributed by atoms with Crippen molar-refractivity contribution in [3.05, 3.63) is 86.7 Å². The number of benzene rings is 2. The van der Waals surface area contributed by atoms with Gasteiger partial charge in [-0.1, -0.05) is 12.1 Å². The first-order chi connectivity index (χ1) is 15.7. The molecule has 11 heteroatoms. The van der Waals surface area contributed by atoms with E-state index in [0.29, 0.717) is 34.7 Å². The number of rotatable bonds is 8. The Kier molecular flexibility index (Phi) is 6.82. The number of nitro groups is 1. The second-order valence-corrected chi connectivity index (χ2v) is 7.31. The van der Waals surface area contributed by atoms with Crippen molar-refractivity contribution in [2.24, 2.45) is 5.73 Å².